The second-order valence-electron chi connectivity index (χ2n) is 7.63. The Kier molecular flexibility index (Phi) is 4.39. The third kappa shape index (κ3) is 3.11. The van der Waals surface area contributed by atoms with Gasteiger partial charge in [0.25, 0.3) is 5.91 Å². The minimum absolute atomic E-state index is 0.0758. The molecular formula is C19H27NO4. The van der Waals surface area contributed by atoms with Gasteiger partial charge >= 0.3 is 0 Å². The Balaban J connectivity index is 1.28. The highest BCUT2D eigenvalue weighted by Crippen LogP contribution is 2.38. The zero-order chi connectivity index (χ0) is 16.6. The van der Waals surface area contributed by atoms with Gasteiger partial charge in [-0.15, -0.1) is 0 Å². The van der Waals surface area contributed by atoms with E-state index in [0.717, 1.165) is 44.9 Å². The van der Waals surface area contributed by atoms with Gasteiger partial charge in [-0.1, -0.05) is 6.42 Å². The Morgan fingerprint density at radius 2 is 2.17 bits per heavy atom. The van der Waals surface area contributed by atoms with Crippen LogP contribution in [0.2, 0.25) is 0 Å². The highest BCUT2D eigenvalue weighted by Gasteiger charge is 2.44. The van der Waals surface area contributed by atoms with E-state index < -0.39 is 0 Å². The van der Waals surface area contributed by atoms with E-state index in [0.29, 0.717) is 17.9 Å². The third-order valence-corrected chi connectivity index (χ3v) is 6.02. The first-order chi connectivity index (χ1) is 11.7. The number of piperidine rings is 1. The summed E-state index contributed by atoms with van der Waals surface area (Å²) in [6, 6.07) is 1.76. The number of hydrogen-bond donors (Lipinski definition) is 0. The van der Waals surface area contributed by atoms with Gasteiger partial charge in [-0.25, -0.2) is 0 Å². The van der Waals surface area contributed by atoms with Crippen molar-refractivity contribution in [2.45, 2.75) is 57.2 Å². The van der Waals surface area contributed by atoms with Gasteiger partial charge in [0.05, 0.1) is 30.1 Å². The van der Waals surface area contributed by atoms with Crippen molar-refractivity contribution in [3.63, 3.8) is 0 Å². The molecule has 0 N–H and O–H groups in total. The van der Waals surface area contributed by atoms with Gasteiger partial charge in [-0.05, 0) is 44.6 Å². The topological polar surface area (TPSA) is 51.9 Å². The molecule has 5 nitrogen and oxygen atoms in total. The maximum absolute atomic E-state index is 12.6. The van der Waals surface area contributed by atoms with E-state index in [1.54, 1.807) is 12.3 Å². The van der Waals surface area contributed by atoms with Crippen molar-refractivity contribution in [1.82, 2.24) is 4.90 Å². The molecule has 1 saturated carbocycles. The minimum Gasteiger partial charge on any atom is -0.469 e. The number of nitrogens with zero attached hydrogens (tertiary/aromatic N) is 1. The molecule has 0 radical (unpaired) electrons. The summed E-state index contributed by atoms with van der Waals surface area (Å²) in [6.07, 6.45) is 8.61. The first-order valence-electron chi connectivity index (χ1n) is 9.24. The summed E-state index contributed by atoms with van der Waals surface area (Å²) in [5.74, 6) is 1.55. The lowest BCUT2D eigenvalue weighted by Gasteiger charge is -2.38. The quantitative estimate of drug-likeness (QED) is 0.849. The van der Waals surface area contributed by atoms with Crippen LogP contribution in [0.4, 0.5) is 0 Å². The standard InChI is InChI=1S/C19H27NO4/c1-14-17(5-10-22-14)18(21)20-8-6-19(7-9-20)11-16(13-24-19)23-12-15-3-2-4-15/h5,10,15-16H,2-4,6-9,11-13H2,1H3/t16-/m0/s1. The molecule has 2 aliphatic heterocycles. The largest absolute Gasteiger partial charge is 0.469 e. The van der Waals surface area contributed by atoms with Gasteiger partial charge in [0.2, 0.25) is 0 Å². The van der Waals surface area contributed by atoms with Crippen molar-refractivity contribution in [1.29, 1.82) is 0 Å². The fourth-order valence-corrected chi connectivity index (χ4v) is 4.08. The summed E-state index contributed by atoms with van der Waals surface area (Å²) in [5, 5.41) is 0. The number of hydrogen-bond acceptors (Lipinski definition) is 4. The van der Waals surface area contributed by atoms with E-state index in [9.17, 15) is 4.79 Å². The normalized spacial score (nSPS) is 26.7. The molecule has 1 spiro atoms. The van der Waals surface area contributed by atoms with Crippen LogP contribution in [0.15, 0.2) is 16.7 Å². The fraction of sp³-hybridized carbons (Fsp3) is 0.737. The summed E-state index contributed by atoms with van der Waals surface area (Å²) in [7, 11) is 0. The highest BCUT2D eigenvalue weighted by molar-refractivity contribution is 5.95. The average Bonchev–Trinajstić information content (AvgIpc) is 3.13. The maximum Gasteiger partial charge on any atom is 0.257 e. The van der Waals surface area contributed by atoms with Crippen molar-refractivity contribution in [3.8, 4) is 0 Å². The van der Waals surface area contributed by atoms with E-state index in [2.05, 4.69) is 0 Å². The fourth-order valence-electron chi connectivity index (χ4n) is 4.08. The zero-order valence-electron chi connectivity index (χ0n) is 14.5. The first kappa shape index (κ1) is 16.2. The molecule has 4 rings (SSSR count). The summed E-state index contributed by atoms with van der Waals surface area (Å²) >= 11 is 0. The number of carbonyl (C=O) groups is 1. The number of furan rings is 1. The molecule has 3 aliphatic rings. The van der Waals surface area contributed by atoms with Crippen LogP contribution in [0.1, 0.15) is 54.6 Å². The van der Waals surface area contributed by atoms with Crippen LogP contribution >= 0.6 is 0 Å². The van der Waals surface area contributed by atoms with E-state index >= 15 is 0 Å². The van der Waals surface area contributed by atoms with Crippen molar-refractivity contribution < 1.29 is 18.7 Å². The molecule has 3 heterocycles. The molecule has 1 aliphatic carbocycles. The SMILES string of the molecule is Cc1occc1C(=O)N1CCC2(CC1)C[C@H](OCC1CCC1)CO2. The molecule has 132 valence electrons. The van der Waals surface area contributed by atoms with Crippen LogP contribution in [-0.4, -0.2) is 48.8 Å². The number of aryl methyl sites for hydroxylation is 1. The number of amides is 1. The first-order valence-corrected chi connectivity index (χ1v) is 9.24. The molecule has 1 atom stereocenters. The third-order valence-electron chi connectivity index (χ3n) is 6.02. The summed E-state index contributed by atoms with van der Waals surface area (Å²) < 4.78 is 17.5. The summed E-state index contributed by atoms with van der Waals surface area (Å²) in [4.78, 5) is 14.5. The molecule has 5 heteroatoms. The van der Waals surface area contributed by atoms with E-state index in [1.165, 1.54) is 19.3 Å². The Morgan fingerprint density at radius 1 is 1.38 bits per heavy atom. The lowest BCUT2D eigenvalue weighted by Crippen LogP contribution is -2.46. The predicted octanol–water partition coefficient (Wildman–Crippen LogP) is 3.17. The molecule has 0 aromatic carbocycles. The summed E-state index contributed by atoms with van der Waals surface area (Å²) in [5.41, 5.74) is 0.604. The van der Waals surface area contributed by atoms with Crippen LogP contribution in [-0.2, 0) is 9.47 Å². The summed E-state index contributed by atoms with van der Waals surface area (Å²) in [6.45, 7) is 4.94. The molecule has 0 unspecified atom stereocenters. The molecule has 1 aromatic heterocycles. The Bertz CT molecular complexity index is 584. The van der Waals surface area contributed by atoms with Gasteiger partial charge in [0.1, 0.15) is 5.76 Å². The van der Waals surface area contributed by atoms with Gasteiger partial charge < -0.3 is 18.8 Å². The molecule has 1 amide bonds. The molecular weight excluding hydrogens is 306 g/mol. The lowest BCUT2D eigenvalue weighted by molar-refractivity contribution is -0.0420. The van der Waals surface area contributed by atoms with Gasteiger partial charge in [0, 0.05) is 26.1 Å². The molecule has 1 aromatic rings. The molecule has 24 heavy (non-hydrogen) atoms. The highest BCUT2D eigenvalue weighted by atomic mass is 16.6. The number of rotatable bonds is 4. The molecule has 3 fully saturated rings. The van der Waals surface area contributed by atoms with E-state index in [4.69, 9.17) is 13.9 Å². The minimum atomic E-state index is -0.0769. The van der Waals surface area contributed by atoms with E-state index in [1.807, 2.05) is 11.8 Å². The second-order valence-corrected chi connectivity index (χ2v) is 7.63. The number of ether oxygens (including phenoxy) is 2. The Morgan fingerprint density at radius 3 is 2.79 bits per heavy atom. The molecule has 2 saturated heterocycles. The van der Waals surface area contributed by atoms with Crippen molar-refractivity contribution in [3.05, 3.63) is 23.7 Å². The lowest BCUT2D eigenvalue weighted by atomic mass is 9.86. The van der Waals surface area contributed by atoms with Gasteiger partial charge in [0.15, 0.2) is 0 Å². The van der Waals surface area contributed by atoms with Crippen LogP contribution < -0.4 is 0 Å². The predicted molar refractivity (Wildman–Crippen MR) is 89.0 cm³/mol. The average molecular weight is 333 g/mol. The van der Waals surface area contributed by atoms with Crippen LogP contribution in [0, 0.1) is 12.8 Å². The number of likely N-dealkylation sites (tertiary alicyclic amines) is 1. The van der Waals surface area contributed by atoms with Crippen molar-refractivity contribution in [2.75, 3.05) is 26.3 Å². The zero-order valence-corrected chi connectivity index (χ0v) is 14.5. The maximum atomic E-state index is 12.6. The smallest absolute Gasteiger partial charge is 0.257 e. The Hall–Kier alpha value is -1.33. The second kappa shape index (κ2) is 6.52. The van der Waals surface area contributed by atoms with Gasteiger partial charge in [-0.2, -0.15) is 0 Å². The van der Waals surface area contributed by atoms with Crippen LogP contribution in [0.25, 0.3) is 0 Å². The Labute approximate surface area is 143 Å². The van der Waals surface area contributed by atoms with Crippen molar-refractivity contribution >= 4 is 5.91 Å². The molecule has 0 bridgehead atoms. The monoisotopic (exact) mass is 333 g/mol. The van der Waals surface area contributed by atoms with E-state index in [-0.39, 0.29) is 17.6 Å². The van der Waals surface area contributed by atoms with Crippen molar-refractivity contribution in [2.24, 2.45) is 5.92 Å². The van der Waals surface area contributed by atoms with Gasteiger partial charge in [-0.3, -0.25) is 4.79 Å². The van der Waals surface area contributed by atoms with Crippen LogP contribution in [0.3, 0.4) is 0 Å². The van der Waals surface area contributed by atoms with Crippen LogP contribution in [0.5, 0.6) is 0 Å². The number of carbonyl (C=O) groups excluding carboxylic acids is 1.